The maximum Gasteiger partial charge on any atom is 0.234 e. The van der Waals surface area contributed by atoms with E-state index in [1.54, 1.807) is 7.11 Å². The Hall–Kier alpha value is -0.770. The predicted molar refractivity (Wildman–Crippen MR) is 142 cm³/mol. The average molecular weight is 496 g/mol. The summed E-state index contributed by atoms with van der Waals surface area (Å²) < 4.78 is 11.6. The number of carbonyl (C=O) groups is 1. The summed E-state index contributed by atoms with van der Waals surface area (Å²) in [4.78, 5) is 19.8. The van der Waals surface area contributed by atoms with E-state index in [-0.39, 0.29) is 11.9 Å². The number of hydrogen-bond acceptors (Lipinski definition) is 7. The Morgan fingerprint density at radius 2 is 1.66 bits per heavy atom. The van der Waals surface area contributed by atoms with Crippen LogP contribution in [-0.2, 0) is 14.3 Å². The summed E-state index contributed by atoms with van der Waals surface area (Å²) in [7, 11) is 3.79. The molecule has 1 aliphatic carbocycles. The first-order chi connectivity index (χ1) is 16.8. The summed E-state index contributed by atoms with van der Waals surface area (Å²) >= 11 is 0. The molecule has 1 amide bonds. The zero-order valence-corrected chi connectivity index (χ0v) is 23.2. The van der Waals surface area contributed by atoms with Crippen molar-refractivity contribution in [2.75, 3.05) is 86.2 Å². The second-order valence-electron chi connectivity index (χ2n) is 12.1. The number of piperazine rings is 1. The number of carbonyl (C=O) groups excluding carboxylic acids is 1. The molecule has 0 aromatic carbocycles. The van der Waals surface area contributed by atoms with Crippen molar-refractivity contribution in [1.29, 1.82) is 0 Å². The van der Waals surface area contributed by atoms with Gasteiger partial charge in [0.25, 0.3) is 0 Å². The van der Waals surface area contributed by atoms with Gasteiger partial charge in [0.15, 0.2) is 0 Å². The van der Waals surface area contributed by atoms with E-state index in [0.29, 0.717) is 30.1 Å². The Bertz CT molecular complexity index is 612. The Morgan fingerprint density at radius 3 is 2.29 bits per heavy atom. The predicted octanol–water partition coefficient (Wildman–Crippen LogP) is 1.65. The number of nitrogens with zero attached hydrogens (tertiary/aromatic N) is 3. The van der Waals surface area contributed by atoms with E-state index >= 15 is 0 Å². The van der Waals surface area contributed by atoms with Gasteiger partial charge in [-0.3, -0.25) is 14.6 Å². The van der Waals surface area contributed by atoms with E-state index in [4.69, 9.17) is 9.47 Å². The molecule has 1 saturated carbocycles. The van der Waals surface area contributed by atoms with Crippen LogP contribution < -0.4 is 10.6 Å². The number of amides is 1. The fourth-order valence-corrected chi connectivity index (χ4v) is 6.17. The minimum atomic E-state index is 0.166. The second-order valence-corrected chi connectivity index (χ2v) is 12.1. The van der Waals surface area contributed by atoms with Crippen LogP contribution in [0.2, 0.25) is 0 Å². The Morgan fingerprint density at radius 1 is 1.00 bits per heavy atom. The highest BCUT2D eigenvalue weighted by Crippen LogP contribution is 2.30. The van der Waals surface area contributed by atoms with Crippen molar-refractivity contribution in [1.82, 2.24) is 25.3 Å². The topological polar surface area (TPSA) is 69.3 Å². The van der Waals surface area contributed by atoms with Crippen molar-refractivity contribution in [3.63, 3.8) is 0 Å². The summed E-state index contributed by atoms with van der Waals surface area (Å²) in [5, 5.41) is 6.53. The molecular formula is C27H53N5O3. The first-order valence-corrected chi connectivity index (χ1v) is 14.0. The van der Waals surface area contributed by atoms with Gasteiger partial charge < -0.3 is 25.0 Å². The largest absolute Gasteiger partial charge is 0.383 e. The normalized spacial score (nSPS) is 26.4. The zero-order chi connectivity index (χ0) is 25.3. The average Bonchev–Trinajstić information content (AvgIpc) is 2.78. The highest BCUT2D eigenvalue weighted by atomic mass is 16.5. The van der Waals surface area contributed by atoms with E-state index in [1.165, 1.54) is 13.0 Å². The van der Waals surface area contributed by atoms with Crippen LogP contribution in [0.5, 0.6) is 0 Å². The highest BCUT2D eigenvalue weighted by Gasteiger charge is 2.35. The van der Waals surface area contributed by atoms with Gasteiger partial charge in [0, 0.05) is 65.5 Å². The van der Waals surface area contributed by atoms with Crippen LogP contribution in [-0.4, -0.2) is 125 Å². The SMILES string of the molecule is CNCC(C)CC(C)(C)CN1CCC(OC2CC(NC(=O)CN3CCN(CCOC)CC3)C2)CC1. The van der Waals surface area contributed by atoms with Crippen LogP contribution in [0.3, 0.4) is 0 Å². The molecule has 1 atom stereocenters. The van der Waals surface area contributed by atoms with Gasteiger partial charge in [-0.2, -0.15) is 0 Å². The number of likely N-dealkylation sites (tertiary alicyclic amines) is 1. The lowest BCUT2D eigenvalue weighted by Crippen LogP contribution is -2.54. The molecule has 35 heavy (non-hydrogen) atoms. The van der Waals surface area contributed by atoms with Gasteiger partial charge in [0.2, 0.25) is 5.91 Å². The third kappa shape index (κ3) is 10.3. The number of methoxy groups -OCH3 is 1. The molecule has 0 bridgehead atoms. The molecule has 0 aromatic heterocycles. The Balaban J connectivity index is 1.23. The van der Waals surface area contributed by atoms with Gasteiger partial charge in [0.1, 0.15) is 0 Å². The minimum Gasteiger partial charge on any atom is -0.383 e. The van der Waals surface area contributed by atoms with Crippen LogP contribution in [0.25, 0.3) is 0 Å². The van der Waals surface area contributed by atoms with Gasteiger partial charge in [-0.25, -0.2) is 0 Å². The van der Waals surface area contributed by atoms with Crippen LogP contribution in [0, 0.1) is 11.3 Å². The van der Waals surface area contributed by atoms with Crippen molar-refractivity contribution in [3.8, 4) is 0 Å². The minimum absolute atomic E-state index is 0.166. The smallest absolute Gasteiger partial charge is 0.234 e. The summed E-state index contributed by atoms with van der Waals surface area (Å²) in [6.07, 6.45) is 6.15. The Kier molecular flexibility index (Phi) is 11.7. The summed E-state index contributed by atoms with van der Waals surface area (Å²) in [5.41, 5.74) is 0.348. The van der Waals surface area contributed by atoms with E-state index in [2.05, 4.69) is 46.1 Å². The number of ether oxygens (including phenoxy) is 2. The molecule has 1 unspecified atom stereocenters. The fraction of sp³-hybridized carbons (Fsp3) is 0.963. The Labute approximate surface area is 214 Å². The lowest BCUT2D eigenvalue weighted by atomic mass is 9.82. The van der Waals surface area contributed by atoms with E-state index in [0.717, 1.165) is 84.6 Å². The van der Waals surface area contributed by atoms with E-state index in [9.17, 15) is 4.79 Å². The first kappa shape index (κ1) is 28.8. The van der Waals surface area contributed by atoms with Gasteiger partial charge in [-0.05, 0) is 57.0 Å². The molecule has 0 spiro atoms. The van der Waals surface area contributed by atoms with Crippen molar-refractivity contribution in [2.24, 2.45) is 11.3 Å². The molecular weight excluding hydrogens is 442 g/mol. The van der Waals surface area contributed by atoms with Crippen LogP contribution in [0.1, 0.15) is 52.9 Å². The molecule has 2 aliphatic heterocycles. The van der Waals surface area contributed by atoms with Crippen molar-refractivity contribution in [2.45, 2.75) is 71.1 Å². The van der Waals surface area contributed by atoms with Gasteiger partial charge in [-0.15, -0.1) is 0 Å². The number of nitrogens with one attached hydrogen (secondary N) is 2. The fourth-order valence-electron chi connectivity index (χ4n) is 6.17. The van der Waals surface area contributed by atoms with E-state index in [1.807, 2.05) is 7.05 Å². The third-order valence-corrected chi connectivity index (χ3v) is 7.93. The maximum absolute atomic E-state index is 12.5. The van der Waals surface area contributed by atoms with E-state index < -0.39 is 0 Å². The molecule has 8 heteroatoms. The highest BCUT2D eigenvalue weighted by molar-refractivity contribution is 5.78. The standard InChI is InChI=1S/C27H53N5O3/c1-22(19-28-4)18-27(2,3)21-32-8-6-24(7-9-32)35-25-16-23(17-25)29-26(33)20-31-12-10-30(11-13-31)14-15-34-5/h22-25,28H,6-21H2,1-5H3,(H,29,33). The molecule has 8 nitrogen and oxygen atoms in total. The quantitative estimate of drug-likeness (QED) is 0.380. The number of hydrogen-bond donors (Lipinski definition) is 2. The van der Waals surface area contributed by atoms with Gasteiger partial charge in [0.05, 0.1) is 25.4 Å². The molecule has 3 rings (SSSR count). The monoisotopic (exact) mass is 495 g/mol. The summed E-state index contributed by atoms with van der Waals surface area (Å²) in [6, 6.07) is 0.288. The molecule has 3 aliphatic rings. The molecule has 0 aromatic rings. The second kappa shape index (κ2) is 14.2. The summed E-state index contributed by atoms with van der Waals surface area (Å²) in [6.45, 7) is 17.9. The molecule has 204 valence electrons. The van der Waals surface area contributed by atoms with Crippen molar-refractivity contribution in [3.05, 3.63) is 0 Å². The van der Waals surface area contributed by atoms with Gasteiger partial charge in [-0.1, -0.05) is 20.8 Å². The summed E-state index contributed by atoms with van der Waals surface area (Å²) in [5.74, 6) is 0.873. The number of piperidine rings is 1. The van der Waals surface area contributed by atoms with Crippen LogP contribution in [0.15, 0.2) is 0 Å². The van der Waals surface area contributed by atoms with Crippen LogP contribution >= 0.6 is 0 Å². The zero-order valence-electron chi connectivity index (χ0n) is 23.2. The molecule has 3 fully saturated rings. The molecule has 0 radical (unpaired) electrons. The molecule has 2 saturated heterocycles. The number of rotatable bonds is 14. The first-order valence-electron chi connectivity index (χ1n) is 14.0. The lowest BCUT2D eigenvalue weighted by Gasteiger charge is -2.42. The lowest BCUT2D eigenvalue weighted by molar-refractivity contribution is -0.127. The molecule has 2 N–H and O–H groups in total. The maximum atomic E-state index is 12.5. The van der Waals surface area contributed by atoms with Crippen LogP contribution in [0.4, 0.5) is 0 Å². The van der Waals surface area contributed by atoms with Gasteiger partial charge >= 0.3 is 0 Å². The van der Waals surface area contributed by atoms with Crippen molar-refractivity contribution < 1.29 is 14.3 Å². The third-order valence-electron chi connectivity index (χ3n) is 7.93. The molecule has 2 heterocycles. The van der Waals surface area contributed by atoms with Crippen molar-refractivity contribution >= 4 is 5.91 Å².